The van der Waals surface area contributed by atoms with E-state index in [0.717, 1.165) is 38.5 Å². The molecular formula is C27H41N3O3. The van der Waals surface area contributed by atoms with E-state index in [4.69, 9.17) is 0 Å². The third-order valence-electron chi connectivity index (χ3n) is 9.15. The maximum Gasteiger partial charge on any atom is 0.251 e. The van der Waals surface area contributed by atoms with Gasteiger partial charge in [0.05, 0.1) is 6.10 Å². The second kappa shape index (κ2) is 10.1. The molecular weight excluding hydrogens is 414 g/mol. The van der Waals surface area contributed by atoms with E-state index in [1.165, 1.54) is 19.3 Å². The Morgan fingerprint density at radius 3 is 2.42 bits per heavy atom. The van der Waals surface area contributed by atoms with Crippen LogP contribution in [0.5, 0.6) is 0 Å². The smallest absolute Gasteiger partial charge is 0.251 e. The number of aromatic nitrogens is 1. The molecule has 7 unspecified atom stereocenters. The zero-order valence-corrected chi connectivity index (χ0v) is 20.4. The van der Waals surface area contributed by atoms with Gasteiger partial charge in [0.25, 0.3) is 5.91 Å². The molecule has 3 saturated carbocycles. The van der Waals surface area contributed by atoms with Crippen molar-refractivity contribution < 1.29 is 14.7 Å². The summed E-state index contributed by atoms with van der Waals surface area (Å²) in [7, 11) is 0. The lowest BCUT2D eigenvalue weighted by Gasteiger charge is -2.56. The molecule has 0 aliphatic heterocycles. The lowest BCUT2D eigenvalue weighted by molar-refractivity contribution is -0.142. The van der Waals surface area contributed by atoms with Crippen molar-refractivity contribution in [3.63, 3.8) is 0 Å². The van der Waals surface area contributed by atoms with Gasteiger partial charge in [-0.2, -0.15) is 0 Å². The van der Waals surface area contributed by atoms with Crippen LogP contribution in [0.15, 0.2) is 24.5 Å². The molecule has 1 heterocycles. The van der Waals surface area contributed by atoms with Gasteiger partial charge in [-0.05, 0) is 73.8 Å². The van der Waals surface area contributed by atoms with Gasteiger partial charge in [0.1, 0.15) is 0 Å². The molecule has 33 heavy (non-hydrogen) atoms. The monoisotopic (exact) mass is 455 g/mol. The van der Waals surface area contributed by atoms with Crippen molar-refractivity contribution >= 4 is 11.8 Å². The maximum absolute atomic E-state index is 13.1. The fourth-order valence-corrected chi connectivity index (χ4v) is 7.03. The molecule has 3 fully saturated rings. The minimum absolute atomic E-state index is 0.0171. The highest BCUT2D eigenvalue weighted by Gasteiger charge is 2.54. The molecule has 4 rings (SSSR count). The third kappa shape index (κ3) is 5.11. The molecule has 3 aliphatic rings. The Kier molecular flexibility index (Phi) is 7.42. The molecule has 2 amide bonds. The van der Waals surface area contributed by atoms with Crippen LogP contribution in [0.1, 0.15) is 88.9 Å². The van der Waals surface area contributed by atoms with Gasteiger partial charge in [-0.1, -0.05) is 40.0 Å². The van der Waals surface area contributed by atoms with Crippen molar-refractivity contribution in [1.29, 1.82) is 0 Å². The first kappa shape index (κ1) is 24.2. The molecule has 0 aromatic carbocycles. The predicted molar refractivity (Wildman–Crippen MR) is 128 cm³/mol. The van der Waals surface area contributed by atoms with Gasteiger partial charge in [-0.3, -0.25) is 14.6 Å². The third-order valence-corrected chi connectivity index (χ3v) is 9.15. The number of hydrogen-bond acceptors (Lipinski definition) is 4. The lowest BCUT2D eigenvalue weighted by atomic mass is 9.51. The first-order valence-electron chi connectivity index (χ1n) is 13.0. The normalized spacial score (nSPS) is 35.8. The van der Waals surface area contributed by atoms with Crippen LogP contribution in [0.3, 0.4) is 0 Å². The van der Waals surface area contributed by atoms with Crippen LogP contribution in [0.25, 0.3) is 0 Å². The van der Waals surface area contributed by atoms with Gasteiger partial charge < -0.3 is 15.7 Å². The number of amides is 2. The van der Waals surface area contributed by atoms with E-state index >= 15 is 0 Å². The fraction of sp³-hybridized carbons (Fsp3) is 0.741. The van der Waals surface area contributed by atoms with Crippen LogP contribution in [-0.2, 0) is 4.79 Å². The summed E-state index contributed by atoms with van der Waals surface area (Å²) in [6, 6.07) is 3.76. The van der Waals surface area contributed by atoms with Crippen LogP contribution < -0.4 is 10.6 Å². The quantitative estimate of drug-likeness (QED) is 0.624. The fourth-order valence-electron chi connectivity index (χ4n) is 7.03. The topological polar surface area (TPSA) is 91.3 Å². The van der Waals surface area contributed by atoms with Crippen LogP contribution in [-0.4, -0.2) is 40.1 Å². The van der Waals surface area contributed by atoms with E-state index in [0.29, 0.717) is 11.6 Å². The SMILES string of the molecule is CC(C(=O)NC1CCCCC1)C1CCC2(C)CCC(NC(=O)c3ccncc3)C(C)C2C1O. The molecule has 1 aromatic rings. The standard InChI is InChI=1S/C27H41N3O3/c1-17(25(32)29-20-7-5-4-6-8-20)21-9-13-27(3)14-10-22(18(2)23(27)24(21)31)30-26(33)19-11-15-28-16-12-19/h11-12,15-18,20-24,31H,4-10,13-14H2,1-3H3,(H,29,32)(H,30,33). The molecule has 6 nitrogen and oxygen atoms in total. The molecule has 6 heteroatoms. The lowest BCUT2D eigenvalue weighted by Crippen LogP contribution is -2.58. The largest absolute Gasteiger partial charge is 0.392 e. The number of hydrogen-bond donors (Lipinski definition) is 3. The number of carbonyl (C=O) groups is 2. The number of fused-ring (bicyclic) bond motifs is 1. The number of carbonyl (C=O) groups excluding carboxylic acids is 2. The number of rotatable bonds is 5. The van der Waals surface area contributed by atoms with Crippen molar-refractivity contribution in [2.75, 3.05) is 0 Å². The second-order valence-corrected chi connectivity index (χ2v) is 11.2. The van der Waals surface area contributed by atoms with E-state index in [1.54, 1.807) is 24.5 Å². The first-order valence-corrected chi connectivity index (χ1v) is 13.0. The molecule has 0 bridgehead atoms. The van der Waals surface area contributed by atoms with Crippen molar-refractivity contribution in [3.05, 3.63) is 30.1 Å². The van der Waals surface area contributed by atoms with Crippen LogP contribution >= 0.6 is 0 Å². The second-order valence-electron chi connectivity index (χ2n) is 11.2. The van der Waals surface area contributed by atoms with E-state index < -0.39 is 6.10 Å². The van der Waals surface area contributed by atoms with Gasteiger partial charge >= 0.3 is 0 Å². The minimum Gasteiger partial charge on any atom is -0.392 e. The molecule has 182 valence electrons. The highest BCUT2D eigenvalue weighted by atomic mass is 16.3. The number of nitrogens with zero attached hydrogens (tertiary/aromatic N) is 1. The van der Waals surface area contributed by atoms with Gasteiger partial charge in [0, 0.05) is 36.0 Å². The van der Waals surface area contributed by atoms with Crippen LogP contribution in [0.2, 0.25) is 0 Å². The number of aliphatic hydroxyl groups is 1. The van der Waals surface area contributed by atoms with Gasteiger partial charge in [-0.25, -0.2) is 0 Å². The van der Waals surface area contributed by atoms with Crippen LogP contribution in [0, 0.1) is 29.1 Å². The summed E-state index contributed by atoms with van der Waals surface area (Å²) in [6.07, 6.45) is 12.3. The average molecular weight is 456 g/mol. The maximum atomic E-state index is 13.1. The average Bonchev–Trinajstić information content (AvgIpc) is 2.82. The highest BCUT2D eigenvalue weighted by molar-refractivity contribution is 5.94. The van der Waals surface area contributed by atoms with Crippen molar-refractivity contribution in [3.8, 4) is 0 Å². The van der Waals surface area contributed by atoms with E-state index in [-0.39, 0.29) is 46.9 Å². The zero-order chi connectivity index (χ0) is 23.6. The van der Waals surface area contributed by atoms with Gasteiger partial charge in [0.2, 0.25) is 5.91 Å². The summed E-state index contributed by atoms with van der Waals surface area (Å²) in [6.45, 7) is 6.45. The number of nitrogens with one attached hydrogen (secondary N) is 2. The Balaban J connectivity index is 1.43. The molecule has 0 spiro atoms. The Morgan fingerprint density at radius 2 is 1.73 bits per heavy atom. The number of pyridine rings is 1. The highest BCUT2D eigenvalue weighted by Crippen LogP contribution is 2.55. The summed E-state index contributed by atoms with van der Waals surface area (Å²) in [5, 5.41) is 18.1. The Morgan fingerprint density at radius 1 is 1.06 bits per heavy atom. The summed E-state index contributed by atoms with van der Waals surface area (Å²) >= 11 is 0. The molecule has 3 aliphatic carbocycles. The molecule has 3 N–H and O–H groups in total. The molecule has 7 atom stereocenters. The van der Waals surface area contributed by atoms with Gasteiger partial charge in [-0.15, -0.1) is 0 Å². The first-order chi connectivity index (χ1) is 15.8. The number of aliphatic hydroxyl groups excluding tert-OH is 1. The van der Waals surface area contributed by atoms with Crippen molar-refractivity contribution in [2.45, 2.75) is 96.7 Å². The predicted octanol–water partition coefficient (Wildman–Crippen LogP) is 4.09. The summed E-state index contributed by atoms with van der Waals surface area (Å²) < 4.78 is 0. The van der Waals surface area contributed by atoms with Crippen molar-refractivity contribution in [1.82, 2.24) is 15.6 Å². The van der Waals surface area contributed by atoms with Gasteiger partial charge in [0.15, 0.2) is 0 Å². The van der Waals surface area contributed by atoms with E-state index in [1.807, 2.05) is 6.92 Å². The summed E-state index contributed by atoms with van der Waals surface area (Å²) in [5.41, 5.74) is 0.660. The minimum atomic E-state index is -0.536. The van der Waals surface area contributed by atoms with E-state index in [9.17, 15) is 14.7 Å². The Hall–Kier alpha value is -1.95. The van der Waals surface area contributed by atoms with Crippen LogP contribution in [0.4, 0.5) is 0 Å². The summed E-state index contributed by atoms with van der Waals surface area (Å²) in [5.74, 6) is -0.0201. The summed E-state index contributed by atoms with van der Waals surface area (Å²) in [4.78, 5) is 29.8. The van der Waals surface area contributed by atoms with Crippen molar-refractivity contribution in [2.24, 2.45) is 29.1 Å². The Labute approximate surface area is 198 Å². The molecule has 1 aromatic heterocycles. The van der Waals surface area contributed by atoms with E-state index in [2.05, 4.69) is 29.5 Å². The molecule has 0 saturated heterocycles. The zero-order valence-electron chi connectivity index (χ0n) is 20.4. The molecule has 0 radical (unpaired) electrons. The Bertz CT molecular complexity index is 825.